The molecule has 0 fully saturated rings. The van der Waals surface area contributed by atoms with Crippen molar-refractivity contribution in [2.75, 3.05) is 20.2 Å². The van der Waals surface area contributed by atoms with Crippen molar-refractivity contribution in [1.29, 1.82) is 0 Å². The third-order valence-corrected chi connectivity index (χ3v) is 3.29. The third kappa shape index (κ3) is 5.21. The number of carbonyl (C=O) groups is 1. The summed E-state index contributed by atoms with van der Waals surface area (Å²) in [5.74, 6) is 0.953. The molecule has 0 bridgehead atoms. The Hall–Kier alpha value is -1.55. The van der Waals surface area contributed by atoms with Gasteiger partial charge < -0.3 is 15.4 Å². The van der Waals surface area contributed by atoms with Gasteiger partial charge in [0, 0.05) is 19.5 Å². The highest BCUT2D eigenvalue weighted by Crippen LogP contribution is 2.22. The van der Waals surface area contributed by atoms with Crippen LogP contribution in [0, 0.1) is 6.92 Å². The molecule has 0 radical (unpaired) electrons. The van der Waals surface area contributed by atoms with E-state index in [0.717, 1.165) is 24.3 Å². The van der Waals surface area contributed by atoms with Crippen LogP contribution in [0.2, 0.25) is 0 Å². The molecule has 4 nitrogen and oxygen atoms in total. The summed E-state index contributed by atoms with van der Waals surface area (Å²) in [6.07, 6.45) is 1.24. The molecular formula is C16H26N2O2. The molecule has 1 amide bonds. The minimum absolute atomic E-state index is 0.0557. The number of nitrogens with one attached hydrogen (secondary N) is 2. The lowest BCUT2D eigenvalue weighted by atomic mass is 10.1. The fraction of sp³-hybridized carbons (Fsp3) is 0.562. The molecule has 1 aromatic rings. The van der Waals surface area contributed by atoms with E-state index in [9.17, 15) is 4.79 Å². The van der Waals surface area contributed by atoms with Gasteiger partial charge in [0.1, 0.15) is 5.75 Å². The minimum atomic E-state index is 0.0557. The summed E-state index contributed by atoms with van der Waals surface area (Å²) in [5, 5.41) is 6.00. The highest BCUT2D eigenvalue weighted by atomic mass is 16.5. The van der Waals surface area contributed by atoms with Crippen LogP contribution in [-0.2, 0) is 4.79 Å². The molecule has 0 spiro atoms. The first-order chi connectivity index (χ1) is 9.58. The zero-order valence-corrected chi connectivity index (χ0v) is 13.0. The molecule has 0 aliphatic rings. The van der Waals surface area contributed by atoms with Crippen molar-refractivity contribution in [3.05, 3.63) is 29.3 Å². The van der Waals surface area contributed by atoms with E-state index in [-0.39, 0.29) is 5.91 Å². The molecule has 112 valence electrons. The van der Waals surface area contributed by atoms with Crippen molar-refractivity contribution in [2.45, 2.75) is 39.7 Å². The Morgan fingerprint density at radius 1 is 1.40 bits per heavy atom. The van der Waals surface area contributed by atoms with Crippen LogP contribution in [0.1, 0.15) is 43.9 Å². The van der Waals surface area contributed by atoms with Crippen molar-refractivity contribution in [3.8, 4) is 5.75 Å². The van der Waals surface area contributed by atoms with Gasteiger partial charge in [-0.05, 0) is 44.0 Å². The lowest BCUT2D eigenvalue weighted by molar-refractivity contribution is -0.120. The normalized spacial score (nSPS) is 12.0. The molecule has 0 aromatic heterocycles. The molecule has 0 aliphatic carbocycles. The third-order valence-electron chi connectivity index (χ3n) is 3.29. The summed E-state index contributed by atoms with van der Waals surface area (Å²) in [4.78, 5) is 11.1. The maximum atomic E-state index is 11.1. The number of hydrogen-bond donors (Lipinski definition) is 2. The van der Waals surface area contributed by atoms with E-state index in [1.165, 1.54) is 5.56 Å². The average molecular weight is 278 g/mol. The van der Waals surface area contributed by atoms with Gasteiger partial charge in [-0.3, -0.25) is 4.79 Å². The van der Waals surface area contributed by atoms with Gasteiger partial charge in [-0.25, -0.2) is 0 Å². The smallest absolute Gasteiger partial charge is 0.219 e. The van der Waals surface area contributed by atoms with Crippen molar-refractivity contribution in [3.63, 3.8) is 0 Å². The van der Waals surface area contributed by atoms with Gasteiger partial charge in [0.05, 0.1) is 6.61 Å². The topological polar surface area (TPSA) is 50.4 Å². The number of ether oxygens (including phenoxy) is 1. The maximum absolute atomic E-state index is 11.1. The Bertz CT molecular complexity index is 432. The van der Waals surface area contributed by atoms with Crippen LogP contribution >= 0.6 is 0 Å². The SMILES string of the molecule is CCNC(C)c1ccc(OCCCC(=O)NC)c(C)c1. The zero-order valence-electron chi connectivity index (χ0n) is 13.0. The summed E-state index contributed by atoms with van der Waals surface area (Å²) in [5.41, 5.74) is 2.40. The van der Waals surface area contributed by atoms with Crippen molar-refractivity contribution in [2.24, 2.45) is 0 Å². The van der Waals surface area contributed by atoms with E-state index in [4.69, 9.17) is 4.74 Å². The van der Waals surface area contributed by atoms with Gasteiger partial charge in [-0.1, -0.05) is 19.1 Å². The fourth-order valence-electron chi connectivity index (χ4n) is 2.07. The van der Waals surface area contributed by atoms with Crippen LogP contribution in [0.5, 0.6) is 5.75 Å². The molecule has 0 saturated heterocycles. The molecule has 1 aromatic carbocycles. The Morgan fingerprint density at radius 2 is 2.15 bits per heavy atom. The number of rotatable bonds is 8. The summed E-state index contributed by atoms with van der Waals surface area (Å²) < 4.78 is 5.73. The second-order valence-electron chi connectivity index (χ2n) is 4.93. The molecule has 1 unspecified atom stereocenters. The van der Waals surface area contributed by atoms with E-state index in [1.54, 1.807) is 7.05 Å². The number of carbonyl (C=O) groups excluding carboxylic acids is 1. The molecule has 0 heterocycles. The number of hydrogen-bond acceptors (Lipinski definition) is 3. The van der Waals surface area contributed by atoms with Gasteiger partial charge in [0.15, 0.2) is 0 Å². The highest BCUT2D eigenvalue weighted by molar-refractivity contribution is 5.75. The van der Waals surface area contributed by atoms with E-state index < -0.39 is 0 Å². The molecule has 2 N–H and O–H groups in total. The average Bonchev–Trinajstić information content (AvgIpc) is 2.44. The summed E-state index contributed by atoms with van der Waals surface area (Å²) >= 11 is 0. The van der Waals surface area contributed by atoms with Crippen LogP contribution in [0.15, 0.2) is 18.2 Å². The molecule has 4 heteroatoms. The van der Waals surface area contributed by atoms with E-state index in [1.807, 2.05) is 6.07 Å². The summed E-state index contributed by atoms with van der Waals surface area (Å²) in [6.45, 7) is 7.83. The standard InChI is InChI=1S/C16H26N2O2/c1-5-18-13(3)14-8-9-15(12(2)11-14)20-10-6-7-16(19)17-4/h8-9,11,13,18H,5-7,10H2,1-4H3,(H,17,19). The Balaban J connectivity index is 2.49. The molecule has 0 aliphatic heterocycles. The zero-order chi connectivity index (χ0) is 15.0. The number of benzene rings is 1. The van der Waals surface area contributed by atoms with Crippen molar-refractivity contribution in [1.82, 2.24) is 10.6 Å². The maximum Gasteiger partial charge on any atom is 0.219 e. The lowest BCUT2D eigenvalue weighted by Crippen LogP contribution is -2.18. The van der Waals surface area contributed by atoms with Gasteiger partial charge in [-0.15, -0.1) is 0 Å². The highest BCUT2D eigenvalue weighted by Gasteiger charge is 2.07. The van der Waals surface area contributed by atoms with Crippen LogP contribution in [0.3, 0.4) is 0 Å². The van der Waals surface area contributed by atoms with E-state index in [2.05, 4.69) is 43.5 Å². The quantitative estimate of drug-likeness (QED) is 0.719. The van der Waals surface area contributed by atoms with Crippen LogP contribution < -0.4 is 15.4 Å². The Morgan fingerprint density at radius 3 is 2.75 bits per heavy atom. The van der Waals surface area contributed by atoms with Gasteiger partial charge in [0.25, 0.3) is 0 Å². The lowest BCUT2D eigenvalue weighted by Gasteiger charge is -2.15. The predicted molar refractivity (Wildman–Crippen MR) is 82.1 cm³/mol. The van der Waals surface area contributed by atoms with Crippen molar-refractivity contribution >= 4 is 5.91 Å². The second kappa shape index (κ2) is 8.59. The Labute approximate surface area is 121 Å². The molecule has 1 atom stereocenters. The van der Waals surface area contributed by atoms with Crippen LogP contribution in [0.25, 0.3) is 0 Å². The molecule has 0 saturated carbocycles. The van der Waals surface area contributed by atoms with Crippen molar-refractivity contribution < 1.29 is 9.53 Å². The second-order valence-corrected chi connectivity index (χ2v) is 4.93. The summed E-state index contributed by atoms with van der Waals surface area (Å²) in [7, 11) is 1.65. The number of aryl methyl sites for hydroxylation is 1. The monoisotopic (exact) mass is 278 g/mol. The van der Waals surface area contributed by atoms with Gasteiger partial charge in [-0.2, -0.15) is 0 Å². The minimum Gasteiger partial charge on any atom is -0.493 e. The predicted octanol–water partition coefficient (Wildman–Crippen LogP) is 2.57. The molecule has 20 heavy (non-hydrogen) atoms. The molecular weight excluding hydrogens is 252 g/mol. The van der Waals surface area contributed by atoms with E-state index in [0.29, 0.717) is 19.1 Å². The van der Waals surface area contributed by atoms with Gasteiger partial charge in [0.2, 0.25) is 5.91 Å². The largest absolute Gasteiger partial charge is 0.493 e. The first-order valence-electron chi connectivity index (χ1n) is 7.25. The van der Waals surface area contributed by atoms with Gasteiger partial charge >= 0.3 is 0 Å². The summed E-state index contributed by atoms with van der Waals surface area (Å²) in [6, 6.07) is 6.61. The first-order valence-corrected chi connectivity index (χ1v) is 7.25. The van der Waals surface area contributed by atoms with Crippen LogP contribution in [-0.4, -0.2) is 26.1 Å². The Kier molecular flexibility index (Phi) is 7.09. The molecule has 1 rings (SSSR count). The number of amides is 1. The van der Waals surface area contributed by atoms with E-state index >= 15 is 0 Å². The fourth-order valence-corrected chi connectivity index (χ4v) is 2.07. The van der Waals surface area contributed by atoms with Crippen LogP contribution in [0.4, 0.5) is 0 Å². The first kappa shape index (κ1) is 16.5.